The second kappa shape index (κ2) is 6.92. The Morgan fingerprint density at radius 2 is 1.65 bits per heavy atom. The molecule has 0 aliphatic carbocycles. The van der Waals surface area contributed by atoms with E-state index in [-0.39, 0.29) is 17.6 Å². The quantitative estimate of drug-likeness (QED) is 0.619. The summed E-state index contributed by atoms with van der Waals surface area (Å²) in [5.74, 6) is 7.10. The minimum atomic E-state index is -0.139. The summed E-state index contributed by atoms with van der Waals surface area (Å²) >= 11 is 0. The molecule has 1 aromatic rings. The summed E-state index contributed by atoms with van der Waals surface area (Å²) < 4.78 is 16.2. The lowest BCUT2D eigenvalue weighted by atomic mass is 9.82. The molecule has 0 bridgehead atoms. The van der Waals surface area contributed by atoms with Crippen molar-refractivity contribution >= 4 is 0 Å². The lowest BCUT2D eigenvalue weighted by Gasteiger charge is -2.36. The zero-order valence-electron chi connectivity index (χ0n) is 13.2. The molecule has 0 radical (unpaired) electrons. The third kappa shape index (κ3) is 3.62. The van der Waals surface area contributed by atoms with Crippen LogP contribution in [0.5, 0.6) is 11.5 Å². The standard InChI is InChI=1S/C15H26N2O3/c1-15(2,3)14(20-6)13(17-16)10-7-8-11(18-4)12(9-10)19-5/h7-9,13-14,17H,16H2,1-6H3. The molecule has 0 aliphatic heterocycles. The highest BCUT2D eigenvalue weighted by molar-refractivity contribution is 5.44. The normalized spacial score (nSPS) is 14.8. The molecule has 2 unspecified atom stereocenters. The van der Waals surface area contributed by atoms with Crippen LogP contribution in [-0.4, -0.2) is 27.4 Å². The van der Waals surface area contributed by atoms with Crippen LogP contribution in [0.2, 0.25) is 0 Å². The number of hydrogen-bond acceptors (Lipinski definition) is 5. The molecule has 0 saturated heterocycles. The van der Waals surface area contributed by atoms with E-state index in [1.807, 2.05) is 18.2 Å². The molecule has 5 nitrogen and oxygen atoms in total. The molecule has 20 heavy (non-hydrogen) atoms. The van der Waals surface area contributed by atoms with E-state index >= 15 is 0 Å². The predicted molar refractivity (Wildman–Crippen MR) is 79.9 cm³/mol. The number of hydrogen-bond donors (Lipinski definition) is 2. The number of rotatable bonds is 6. The number of ether oxygens (including phenoxy) is 3. The van der Waals surface area contributed by atoms with E-state index in [0.717, 1.165) is 5.56 Å². The second-order valence-electron chi connectivity index (χ2n) is 5.78. The van der Waals surface area contributed by atoms with Crippen molar-refractivity contribution in [3.8, 4) is 11.5 Å². The number of nitrogens with one attached hydrogen (secondary N) is 1. The third-order valence-electron chi connectivity index (χ3n) is 3.36. The molecule has 2 atom stereocenters. The third-order valence-corrected chi connectivity index (χ3v) is 3.36. The molecule has 5 heteroatoms. The van der Waals surface area contributed by atoms with Crippen molar-refractivity contribution < 1.29 is 14.2 Å². The van der Waals surface area contributed by atoms with Gasteiger partial charge in [0.1, 0.15) is 0 Å². The van der Waals surface area contributed by atoms with Crippen LogP contribution in [0.15, 0.2) is 18.2 Å². The molecule has 0 aliphatic rings. The first-order chi connectivity index (χ1) is 9.38. The topological polar surface area (TPSA) is 65.7 Å². The van der Waals surface area contributed by atoms with Gasteiger partial charge in [0.25, 0.3) is 0 Å². The van der Waals surface area contributed by atoms with Crippen molar-refractivity contribution in [2.75, 3.05) is 21.3 Å². The van der Waals surface area contributed by atoms with E-state index in [4.69, 9.17) is 20.1 Å². The van der Waals surface area contributed by atoms with Crippen molar-refractivity contribution in [2.45, 2.75) is 32.9 Å². The van der Waals surface area contributed by atoms with E-state index in [1.165, 1.54) is 0 Å². The first-order valence-corrected chi connectivity index (χ1v) is 6.59. The average Bonchev–Trinajstić information content (AvgIpc) is 2.42. The van der Waals surface area contributed by atoms with Gasteiger partial charge in [0.2, 0.25) is 0 Å². The molecule has 0 aromatic heterocycles. The fraction of sp³-hybridized carbons (Fsp3) is 0.600. The number of nitrogens with two attached hydrogens (primary N) is 1. The smallest absolute Gasteiger partial charge is 0.161 e. The summed E-state index contributed by atoms with van der Waals surface area (Å²) in [6, 6.07) is 5.61. The van der Waals surface area contributed by atoms with Crippen LogP contribution in [0.3, 0.4) is 0 Å². The minimum absolute atomic E-state index is 0.0566. The molecule has 1 aromatic carbocycles. The lowest BCUT2D eigenvalue weighted by Crippen LogP contribution is -2.44. The Labute approximate surface area is 121 Å². The SMILES string of the molecule is COc1ccc(C(NN)C(OC)C(C)(C)C)cc1OC. The molecule has 0 heterocycles. The summed E-state index contributed by atoms with van der Waals surface area (Å²) in [4.78, 5) is 0. The molecule has 114 valence electrons. The van der Waals surface area contributed by atoms with Crippen LogP contribution in [0, 0.1) is 5.41 Å². The molecule has 1 rings (SSSR count). The van der Waals surface area contributed by atoms with Gasteiger partial charge in [0.05, 0.1) is 26.4 Å². The van der Waals surface area contributed by atoms with Crippen molar-refractivity contribution in [1.82, 2.24) is 5.43 Å². The second-order valence-corrected chi connectivity index (χ2v) is 5.78. The molecule has 0 saturated carbocycles. The molecular weight excluding hydrogens is 256 g/mol. The van der Waals surface area contributed by atoms with Crippen LogP contribution in [0.1, 0.15) is 32.4 Å². The van der Waals surface area contributed by atoms with Gasteiger partial charge >= 0.3 is 0 Å². The highest BCUT2D eigenvalue weighted by Gasteiger charge is 2.33. The van der Waals surface area contributed by atoms with E-state index in [0.29, 0.717) is 11.5 Å². The van der Waals surface area contributed by atoms with E-state index < -0.39 is 0 Å². The fourth-order valence-electron chi connectivity index (χ4n) is 2.39. The number of benzene rings is 1. The van der Waals surface area contributed by atoms with E-state index in [9.17, 15) is 0 Å². The predicted octanol–water partition coefficient (Wildman–Crippen LogP) is 2.27. The van der Waals surface area contributed by atoms with Gasteiger partial charge in [0, 0.05) is 7.11 Å². The van der Waals surface area contributed by atoms with Crippen LogP contribution < -0.4 is 20.7 Å². The van der Waals surface area contributed by atoms with Gasteiger partial charge in [0.15, 0.2) is 11.5 Å². The van der Waals surface area contributed by atoms with Crippen LogP contribution in [0.4, 0.5) is 0 Å². The highest BCUT2D eigenvalue weighted by Crippen LogP contribution is 2.35. The van der Waals surface area contributed by atoms with Gasteiger partial charge in [-0.2, -0.15) is 0 Å². The van der Waals surface area contributed by atoms with Gasteiger partial charge < -0.3 is 14.2 Å². The summed E-state index contributed by atoms with van der Waals surface area (Å²) in [7, 11) is 4.92. The molecular formula is C15H26N2O3. The van der Waals surface area contributed by atoms with Gasteiger partial charge in [-0.25, -0.2) is 0 Å². The van der Waals surface area contributed by atoms with E-state index in [1.54, 1.807) is 21.3 Å². The summed E-state index contributed by atoms with van der Waals surface area (Å²) in [6.45, 7) is 6.35. The van der Waals surface area contributed by atoms with Crippen LogP contribution in [0.25, 0.3) is 0 Å². The van der Waals surface area contributed by atoms with Gasteiger partial charge in [-0.1, -0.05) is 26.8 Å². The Morgan fingerprint density at radius 1 is 1.05 bits per heavy atom. The fourth-order valence-corrected chi connectivity index (χ4v) is 2.39. The first kappa shape index (κ1) is 16.8. The Hall–Kier alpha value is -1.30. The van der Waals surface area contributed by atoms with Crippen LogP contribution in [-0.2, 0) is 4.74 Å². The average molecular weight is 282 g/mol. The Balaban J connectivity index is 3.18. The zero-order chi connectivity index (χ0) is 15.3. The summed E-state index contributed by atoms with van der Waals surface area (Å²) in [5, 5.41) is 0. The number of hydrazine groups is 1. The Kier molecular flexibility index (Phi) is 5.80. The zero-order valence-corrected chi connectivity index (χ0v) is 13.2. The maximum Gasteiger partial charge on any atom is 0.161 e. The molecule has 0 spiro atoms. The summed E-state index contributed by atoms with van der Waals surface area (Å²) in [6.07, 6.45) is -0.0781. The van der Waals surface area contributed by atoms with Gasteiger partial charge in [-0.3, -0.25) is 11.3 Å². The van der Waals surface area contributed by atoms with Crippen molar-refractivity contribution in [3.63, 3.8) is 0 Å². The van der Waals surface area contributed by atoms with E-state index in [2.05, 4.69) is 26.2 Å². The van der Waals surface area contributed by atoms with Crippen molar-refractivity contribution in [1.29, 1.82) is 0 Å². The van der Waals surface area contributed by atoms with Crippen LogP contribution >= 0.6 is 0 Å². The maximum absolute atomic E-state index is 5.74. The Morgan fingerprint density at radius 3 is 2.05 bits per heavy atom. The molecule has 0 fully saturated rings. The van der Waals surface area contributed by atoms with Crippen molar-refractivity contribution in [2.24, 2.45) is 11.3 Å². The number of methoxy groups -OCH3 is 3. The lowest BCUT2D eigenvalue weighted by molar-refractivity contribution is -0.0120. The van der Waals surface area contributed by atoms with Crippen molar-refractivity contribution in [3.05, 3.63) is 23.8 Å². The first-order valence-electron chi connectivity index (χ1n) is 6.59. The van der Waals surface area contributed by atoms with Gasteiger partial charge in [-0.15, -0.1) is 0 Å². The minimum Gasteiger partial charge on any atom is -0.493 e. The largest absolute Gasteiger partial charge is 0.493 e. The monoisotopic (exact) mass is 282 g/mol. The molecule has 3 N–H and O–H groups in total. The highest BCUT2D eigenvalue weighted by atomic mass is 16.5. The maximum atomic E-state index is 5.74. The summed E-state index contributed by atoms with van der Waals surface area (Å²) in [5.41, 5.74) is 3.78. The molecule has 0 amide bonds. The Bertz CT molecular complexity index is 430. The van der Waals surface area contributed by atoms with Gasteiger partial charge in [-0.05, 0) is 23.1 Å².